The molecule has 12 heavy (non-hydrogen) atoms. The van der Waals surface area contributed by atoms with Gasteiger partial charge in [-0.05, 0) is 24.3 Å². The summed E-state index contributed by atoms with van der Waals surface area (Å²) >= 11 is 0. The zero-order valence-corrected chi connectivity index (χ0v) is 6.44. The maximum Gasteiger partial charge on any atom is 0.123 e. The number of nitrogens with zero attached hydrogens (tertiary/aromatic N) is 1. The molecule has 0 amide bonds. The summed E-state index contributed by atoms with van der Waals surface area (Å²) in [7, 11) is 0. The summed E-state index contributed by atoms with van der Waals surface area (Å²) in [4.78, 5) is 0. The van der Waals surface area contributed by atoms with Crippen molar-refractivity contribution in [1.29, 1.82) is 0 Å². The average Bonchev–Trinajstić information content (AvgIpc) is 2.06. The maximum atomic E-state index is 12.4. The summed E-state index contributed by atoms with van der Waals surface area (Å²) < 4.78 is 12.4. The van der Waals surface area contributed by atoms with Crippen molar-refractivity contribution in [1.82, 2.24) is 0 Å². The van der Waals surface area contributed by atoms with E-state index in [1.54, 1.807) is 12.1 Å². The number of benzene rings is 1. The van der Waals surface area contributed by atoms with Crippen molar-refractivity contribution in [2.45, 2.75) is 0 Å². The van der Waals surface area contributed by atoms with Crippen LogP contribution in [0.1, 0.15) is 0 Å². The topological polar surface area (TPSA) is 55.3 Å². The predicted octanol–water partition coefficient (Wildman–Crippen LogP) is 0.936. The molecule has 1 rings (SSSR count). The van der Waals surface area contributed by atoms with Crippen LogP contribution in [-0.4, -0.2) is 0 Å². The van der Waals surface area contributed by atoms with Gasteiger partial charge >= 0.3 is 0 Å². The lowest BCUT2D eigenvalue weighted by molar-refractivity contribution is 0.628. The van der Waals surface area contributed by atoms with E-state index in [-0.39, 0.29) is 5.82 Å². The molecule has 3 nitrogen and oxygen atoms in total. The average molecular weight is 167 g/mol. The van der Waals surface area contributed by atoms with Gasteiger partial charge in [0, 0.05) is 12.4 Å². The van der Waals surface area contributed by atoms with E-state index >= 15 is 0 Å². The van der Waals surface area contributed by atoms with Gasteiger partial charge in [-0.2, -0.15) is 0 Å². The molecule has 0 bridgehead atoms. The van der Waals surface area contributed by atoms with E-state index < -0.39 is 0 Å². The van der Waals surface area contributed by atoms with Crippen molar-refractivity contribution in [3.05, 3.63) is 42.5 Å². The Balaban J connectivity index is 2.82. The number of hydrogen-bond acceptors (Lipinski definition) is 3. The van der Waals surface area contributed by atoms with Gasteiger partial charge in [0.2, 0.25) is 0 Å². The highest BCUT2D eigenvalue weighted by atomic mass is 19.1. The standard InChI is InChI=1S/C8H10FN3/c9-7-1-3-8(4-2-7)12(11)6-5-10/h1-6H,10-11H2/b6-5-. The quantitative estimate of drug-likeness (QED) is 0.509. The molecule has 0 aliphatic rings. The molecule has 0 unspecified atom stereocenters. The van der Waals surface area contributed by atoms with Crippen LogP contribution in [0.15, 0.2) is 36.7 Å². The number of rotatable bonds is 2. The molecule has 0 radical (unpaired) electrons. The van der Waals surface area contributed by atoms with Crippen LogP contribution in [0.4, 0.5) is 10.1 Å². The third kappa shape index (κ3) is 1.96. The van der Waals surface area contributed by atoms with E-state index in [0.717, 1.165) is 0 Å². The number of halogens is 1. The lowest BCUT2D eigenvalue weighted by atomic mass is 10.3. The number of anilines is 1. The van der Waals surface area contributed by atoms with Gasteiger partial charge in [-0.3, -0.25) is 5.01 Å². The van der Waals surface area contributed by atoms with Gasteiger partial charge in [0.05, 0.1) is 5.69 Å². The van der Waals surface area contributed by atoms with Crippen molar-refractivity contribution in [3.63, 3.8) is 0 Å². The second-order valence-electron chi connectivity index (χ2n) is 2.23. The SMILES string of the molecule is N/C=C\N(N)c1ccc(F)cc1. The van der Waals surface area contributed by atoms with Crippen LogP contribution in [0, 0.1) is 5.82 Å². The summed E-state index contributed by atoms with van der Waals surface area (Å²) in [5.41, 5.74) is 5.80. The van der Waals surface area contributed by atoms with Gasteiger partial charge < -0.3 is 5.73 Å². The summed E-state index contributed by atoms with van der Waals surface area (Å²) in [6.45, 7) is 0. The van der Waals surface area contributed by atoms with Gasteiger partial charge in [-0.15, -0.1) is 0 Å². The molecule has 4 N–H and O–H groups in total. The minimum atomic E-state index is -0.288. The van der Waals surface area contributed by atoms with Gasteiger partial charge in [0.1, 0.15) is 5.82 Å². The van der Waals surface area contributed by atoms with Crippen molar-refractivity contribution >= 4 is 5.69 Å². The van der Waals surface area contributed by atoms with Crippen LogP contribution in [0.2, 0.25) is 0 Å². The van der Waals surface area contributed by atoms with Crippen LogP contribution in [-0.2, 0) is 0 Å². The highest BCUT2D eigenvalue weighted by molar-refractivity contribution is 5.46. The number of nitrogens with two attached hydrogens (primary N) is 2. The smallest absolute Gasteiger partial charge is 0.123 e. The van der Waals surface area contributed by atoms with Crippen LogP contribution in [0.25, 0.3) is 0 Å². The molecule has 0 aromatic heterocycles. The van der Waals surface area contributed by atoms with E-state index in [9.17, 15) is 4.39 Å². The molecule has 0 aliphatic carbocycles. The van der Waals surface area contributed by atoms with Crippen LogP contribution in [0.3, 0.4) is 0 Å². The minimum absolute atomic E-state index is 0.288. The molecule has 64 valence electrons. The summed E-state index contributed by atoms with van der Waals surface area (Å²) in [6, 6.07) is 5.80. The van der Waals surface area contributed by atoms with Gasteiger partial charge in [-0.1, -0.05) is 0 Å². The van der Waals surface area contributed by atoms with Gasteiger partial charge in [-0.25, -0.2) is 10.2 Å². The fourth-order valence-electron chi connectivity index (χ4n) is 0.792. The van der Waals surface area contributed by atoms with E-state index in [4.69, 9.17) is 11.6 Å². The first-order chi connectivity index (χ1) is 5.74. The largest absolute Gasteiger partial charge is 0.403 e. The van der Waals surface area contributed by atoms with Crippen LogP contribution < -0.4 is 16.6 Å². The van der Waals surface area contributed by atoms with E-state index in [1.165, 1.54) is 29.5 Å². The lowest BCUT2D eigenvalue weighted by Crippen LogP contribution is -2.24. The molecule has 1 aromatic carbocycles. The van der Waals surface area contributed by atoms with Crippen molar-refractivity contribution in [2.24, 2.45) is 11.6 Å². The van der Waals surface area contributed by atoms with E-state index in [2.05, 4.69) is 0 Å². The second-order valence-corrected chi connectivity index (χ2v) is 2.23. The Morgan fingerprint density at radius 2 is 1.83 bits per heavy atom. The van der Waals surface area contributed by atoms with Crippen molar-refractivity contribution in [2.75, 3.05) is 5.01 Å². The highest BCUT2D eigenvalue weighted by Gasteiger charge is 1.95. The molecular formula is C8H10FN3. The molecular weight excluding hydrogens is 157 g/mol. The zero-order valence-electron chi connectivity index (χ0n) is 6.44. The minimum Gasteiger partial charge on any atom is -0.403 e. The fourth-order valence-corrected chi connectivity index (χ4v) is 0.792. The third-order valence-corrected chi connectivity index (χ3v) is 1.37. The number of hydrazine groups is 1. The Morgan fingerprint density at radius 3 is 2.33 bits per heavy atom. The molecule has 0 heterocycles. The number of hydrogen-bond donors (Lipinski definition) is 2. The first-order valence-corrected chi connectivity index (χ1v) is 3.42. The van der Waals surface area contributed by atoms with E-state index in [1.807, 2.05) is 0 Å². The molecule has 0 fully saturated rings. The maximum absolute atomic E-state index is 12.4. The predicted molar refractivity (Wildman–Crippen MR) is 46.4 cm³/mol. The molecule has 0 spiro atoms. The Hall–Kier alpha value is -1.55. The fraction of sp³-hybridized carbons (Fsp3) is 0. The highest BCUT2D eigenvalue weighted by Crippen LogP contribution is 2.11. The molecule has 0 aliphatic heterocycles. The first-order valence-electron chi connectivity index (χ1n) is 3.42. The Labute approximate surface area is 70.0 Å². The molecule has 0 saturated heterocycles. The molecule has 0 saturated carbocycles. The Kier molecular flexibility index (Phi) is 2.66. The summed E-state index contributed by atoms with van der Waals surface area (Å²) in [6.07, 6.45) is 2.79. The Morgan fingerprint density at radius 1 is 1.25 bits per heavy atom. The molecule has 1 aromatic rings. The van der Waals surface area contributed by atoms with Gasteiger partial charge in [0.15, 0.2) is 0 Å². The molecule has 4 heteroatoms. The Bertz CT molecular complexity index is 268. The summed E-state index contributed by atoms with van der Waals surface area (Å²) in [5.74, 6) is 5.21. The van der Waals surface area contributed by atoms with Crippen LogP contribution in [0.5, 0.6) is 0 Å². The first kappa shape index (κ1) is 8.55. The third-order valence-electron chi connectivity index (χ3n) is 1.37. The zero-order chi connectivity index (χ0) is 8.97. The summed E-state index contributed by atoms with van der Waals surface area (Å²) in [5, 5.41) is 1.30. The monoisotopic (exact) mass is 167 g/mol. The normalized spacial score (nSPS) is 10.5. The van der Waals surface area contributed by atoms with Gasteiger partial charge in [0.25, 0.3) is 0 Å². The van der Waals surface area contributed by atoms with Crippen molar-refractivity contribution in [3.8, 4) is 0 Å². The second kappa shape index (κ2) is 3.73. The van der Waals surface area contributed by atoms with Crippen LogP contribution >= 0.6 is 0 Å². The van der Waals surface area contributed by atoms with E-state index in [0.29, 0.717) is 5.69 Å². The lowest BCUT2D eigenvalue weighted by Gasteiger charge is -2.12. The van der Waals surface area contributed by atoms with Crippen molar-refractivity contribution < 1.29 is 4.39 Å². The molecule has 0 atom stereocenters.